The van der Waals surface area contributed by atoms with Crippen molar-refractivity contribution in [3.05, 3.63) is 28.2 Å². The summed E-state index contributed by atoms with van der Waals surface area (Å²) >= 11 is 3.51. The third kappa shape index (κ3) is 5.43. The first kappa shape index (κ1) is 15.8. The number of halogens is 1. The summed E-state index contributed by atoms with van der Waals surface area (Å²) in [7, 11) is 0. The Morgan fingerprint density at radius 2 is 1.90 bits per heavy atom. The molecule has 20 heavy (non-hydrogen) atoms. The van der Waals surface area contributed by atoms with Crippen molar-refractivity contribution in [1.29, 1.82) is 0 Å². The number of hydrogen-bond acceptors (Lipinski definition) is 2. The minimum atomic E-state index is 0.608. The van der Waals surface area contributed by atoms with E-state index in [0.717, 1.165) is 23.4 Å². The molecule has 1 fully saturated rings. The lowest BCUT2D eigenvalue weighted by Gasteiger charge is -2.23. The fourth-order valence-electron chi connectivity index (χ4n) is 2.55. The van der Waals surface area contributed by atoms with Gasteiger partial charge >= 0.3 is 0 Å². The summed E-state index contributed by atoms with van der Waals surface area (Å²) in [4.78, 5) is 1.69. The van der Waals surface area contributed by atoms with Crippen molar-refractivity contribution >= 4 is 15.9 Å². The van der Waals surface area contributed by atoms with Crippen LogP contribution in [0.2, 0.25) is 0 Å². The number of piperidine rings is 1. The van der Waals surface area contributed by atoms with Gasteiger partial charge in [-0.05, 0) is 59.8 Å². The molecule has 0 atom stereocenters. The maximum atomic E-state index is 5.71. The van der Waals surface area contributed by atoms with Gasteiger partial charge in [0, 0.05) is 0 Å². The molecule has 0 unspecified atom stereocenters. The van der Waals surface area contributed by atoms with Crippen molar-refractivity contribution in [2.45, 2.75) is 26.2 Å². The molecule has 0 amide bonds. The van der Waals surface area contributed by atoms with E-state index in [-0.39, 0.29) is 0 Å². The lowest BCUT2D eigenvalue weighted by Crippen LogP contribution is -3.13. The van der Waals surface area contributed by atoms with Crippen LogP contribution in [-0.2, 0) is 4.74 Å². The number of likely N-dealkylation sites (tertiary alicyclic amines) is 1. The standard InChI is InChI=1S/C16H24BrNO2/c1-14-5-6-16(15(17)13-14)20-12-11-19-10-9-18-7-3-2-4-8-18/h5-6,13H,2-4,7-12H2,1H3/p+1. The van der Waals surface area contributed by atoms with Gasteiger partial charge in [0.1, 0.15) is 18.9 Å². The van der Waals surface area contributed by atoms with Gasteiger partial charge in [0.05, 0.1) is 30.8 Å². The summed E-state index contributed by atoms with van der Waals surface area (Å²) in [6, 6.07) is 6.12. The lowest BCUT2D eigenvalue weighted by atomic mass is 10.1. The zero-order chi connectivity index (χ0) is 14.2. The summed E-state index contributed by atoms with van der Waals surface area (Å²) in [6.07, 6.45) is 4.16. The second-order valence-electron chi connectivity index (χ2n) is 5.46. The maximum absolute atomic E-state index is 5.71. The van der Waals surface area contributed by atoms with Crippen LogP contribution in [-0.4, -0.2) is 39.5 Å². The Hall–Kier alpha value is -0.580. The SMILES string of the molecule is Cc1ccc(OCCOCC[NH+]2CCCCC2)c(Br)c1. The zero-order valence-corrected chi connectivity index (χ0v) is 13.9. The van der Waals surface area contributed by atoms with Crippen molar-refractivity contribution in [2.24, 2.45) is 0 Å². The summed E-state index contributed by atoms with van der Waals surface area (Å²) in [6.45, 7) is 7.94. The topological polar surface area (TPSA) is 22.9 Å². The van der Waals surface area contributed by atoms with Crippen molar-refractivity contribution in [3.63, 3.8) is 0 Å². The molecule has 2 rings (SSSR count). The molecular formula is C16H25BrNO2+. The Morgan fingerprint density at radius 1 is 1.10 bits per heavy atom. The highest BCUT2D eigenvalue weighted by atomic mass is 79.9. The fraction of sp³-hybridized carbons (Fsp3) is 0.625. The number of aryl methyl sites for hydroxylation is 1. The Labute approximate surface area is 130 Å². The third-order valence-corrected chi connectivity index (χ3v) is 4.35. The molecule has 1 aromatic rings. The van der Waals surface area contributed by atoms with Crippen LogP contribution in [0.4, 0.5) is 0 Å². The summed E-state index contributed by atoms with van der Waals surface area (Å²) < 4.78 is 12.4. The second kappa shape index (κ2) is 8.65. The number of nitrogens with one attached hydrogen (secondary N) is 1. The Kier molecular flexibility index (Phi) is 6.83. The van der Waals surface area contributed by atoms with Crippen LogP contribution >= 0.6 is 15.9 Å². The number of rotatable bonds is 7. The molecule has 0 radical (unpaired) electrons. The van der Waals surface area contributed by atoms with Crippen LogP contribution in [0.1, 0.15) is 24.8 Å². The normalized spacial score (nSPS) is 16.3. The van der Waals surface area contributed by atoms with Gasteiger partial charge in [0.25, 0.3) is 0 Å². The largest absolute Gasteiger partial charge is 0.490 e. The van der Waals surface area contributed by atoms with Crippen LogP contribution < -0.4 is 9.64 Å². The Bertz CT molecular complexity index is 405. The molecule has 0 aliphatic carbocycles. The molecule has 1 N–H and O–H groups in total. The van der Waals surface area contributed by atoms with Gasteiger partial charge in [-0.25, -0.2) is 0 Å². The summed E-state index contributed by atoms with van der Waals surface area (Å²) in [5.41, 5.74) is 1.23. The van der Waals surface area contributed by atoms with E-state index in [0.29, 0.717) is 13.2 Å². The average molecular weight is 343 g/mol. The highest BCUT2D eigenvalue weighted by molar-refractivity contribution is 9.10. The molecule has 1 aliphatic rings. The van der Waals surface area contributed by atoms with Gasteiger partial charge < -0.3 is 14.4 Å². The first-order valence-electron chi connectivity index (χ1n) is 7.56. The number of quaternary nitrogens is 1. The second-order valence-corrected chi connectivity index (χ2v) is 6.31. The molecule has 4 heteroatoms. The first-order chi connectivity index (χ1) is 9.75. The Balaban J connectivity index is 1.55. The van der Waals surface area contributed by atoms with E-state index in [1.807, 2.05) is 6.07 Å². The summed E-state index contributed by atoms with van der Waals surface area (Å²) in [5.74, 6) is 0.890. The molecular weight excluding hydrogens is 318 g/mol. The van der Waals surface area contributed by atoms with Gasteiger partial charge in [-0.2, -0.15) is 0 Å². The predicted octanol–water partition coefficient (Wildman–Crippen LogP) is 2.22. The molecule has 1 heterocycles. The predicted molar refractivity (Wildman–Crippen MR) is 84.6 cm³/mol. The molecule has 0 aromatic heterocycles. The van der Waals surface area contributed by atoms with Gasteiger partial charge in [-0.15, -0.1) is 0 Å². The Morgan fingerprint density at radius 3 is 2.65 bits per heavy atom. The van der Waals surface area contributed by atoms with Crippen LogP contribution in [0.15, 0.2) is 22.7 Å². The van der Waals surface area contributed by atoms with Crippen LogP contribution in [0.25, 0.3) is 0 Å². The monoisotopic (exact) mass is 342 g/mol. The van der Waals surface area contributed by atoms with Crippen molar-refractivity contribution in [3.8, 4) is 5.75 Å². The van der Waals surface area contributed by atoms with E-state index in [1.54, 1.807) is 4.90 Å². The van der Waals surface area contributed by atoms with Gasteiger partial charge in [0.15, 0.2) is 0 Å². The quantitative estimate of drug-likeness (QED) is 0.768. The smallest absolute Gasteiger partial charge is 0.133 e. The summed E-state index contributed by atoms with van der Waals surface area (Å²) in [5, 5.41) is 0. The van der Waals surface area contributed by atoms with E-state index in [9.17, 15) is 0 Å². The molecule has 0 saturated carbocycles. The average Bonchev–Trinajstić information content (AvgIpc) is 2.46. The first-order valence-corrected chi connectivity index (χ1v) is 8.35. The van der Waals surface area contributed by atoms with Crippen molar-refractivity contribution < 1.29 is 14.4 Å². The minimum Gasteiger partial charge on any atom is -0.490 e. The van der Waals surface area contributed by atoms with Crippen LogP contribution in [0.3, 0.4) is 0 Å². The van der Waals surface area contributed by atoms with Gasteiger partial charge in [0.2, 0.25) is 0 Å². The zero-order valence-electron chi connectivity index (χ0n) is 12.3. The highest BCUT2D eigenvalue weighted by Gasteiger charge is 2.12. The van der Waals surface area contributed by atoms with Crippen LogP contribution in [0, 0.1) is 6.92 Å². The molecule has 0 spiro atoms. The maximum Gasteiger partial charge on any atom is 0.133 e. The highest BCUT2D eigenvalue weighted by Crippen LogP contribution is 2.25. The molecule has 0 bridgehead atoms. The van der Waals surface area contributed by atoms with Gasteiger partial charge in [-0.1, -0.05) is 6.07 Å². The molecule has 112 valence electrons. The third-order valence-electron chi connectivity index (χ3n) is 3.73. The van der Waals surface area contributed by atoms with E-state index < -0.39 is 0 Å². The number of ether oxygens (including phenoxy) is 2. The molecule has 1 saturated heterocycles. The lowest BCUT2D eigenvalue weighted by molar-refractivity contribution is -0.905. The van der Waals surface area contributed by atoms with E-state index >= 15 is 0 Å². The molecule has 1 aliphatic heterocycles. The van der Waals surface area contributed by atoms with E-state index in [1.165, 1.54) is 37.9 Å². The van der Waals surface area contributed by atoms with E-state index in [2.05, 4.69) is 35.0 Å². The van der Waals surface area contributed by atoms with Crippen molar-refractivity contribution in [2.75, 3.05) is 39.5 Å². The molecule has 3 nitrogen and oxygen atoms in total. The molecule has 1 aromatic carbocycles. The van der Waals surface area contributed by atoms with Gasteiger partial charge in [-0.3, -0.25) is 0 Å². The number of hydrogen-bond donors (Lipinski definition) is 1. The van der Waals surface area contributed by atoms with E-state index in [4.69, 9.17) is 9.47 Å². The fourth-order valence-corrected chi connectivity index (χ4v) is 3.16. The number of benzene rings is 1. The minimum absolute atomic E-state index is 0.608. The van der Waals surface area contributed by atoms with Crippen molar-refractivity contribution in [1.82, 2.24) is 0 Å². The van der Waals surface area contributed by atoms with Crippen LogP contribution in [0.5, 0.6) is 5.75 Å².